The summed E-state index contributed by atoms with van der Waals surface area (Å²) in [6.45, 7) is 5.42. The molecule has 1 N–H and O–H groups in total. The van der Waals surface area contributed by atoms with Gasteiger partial charge in [0, 0.05) is 13.0 Å². The number of esters is 1. The van der Waals surface area contributed by atoms with E-state index in [0.717, 1.165) is 89.9 Å². The van der Waals surface area contributed by atoms with Crippen molar-refractivity contribution in [2.24, 2.45) is 0 Å². The maximum atomic E-state index is 12.7. The molecule has 9 heteroatoms. The zero-order chi connectivity index (χ0) is 42.0. The molecule has 57 heavy (non-hydrogen) atoms. The molecule has 2 atom stereocenters. The molecule has 0 radical (unpaired) electrons. The van der Waals surface area contributed by atoms with Gasteiger partial charge in [-0.2, -0.15) is 0 Å². The first-order valence-electron chi connectivity index (χ1n) is 22.7. The summed E-state index contributed by atoms with van der Waals surface area (Å²) in [6.07, 6.45) is 52.2. The molecule has 0 aliphatic carbocycles. The molecular weight excluding hydrogens is 734 g/mol. The van der Waals surface area contributed by atoms with Crippen molar-refractivity contribution in [2.75, 3.05) is 54.1 Å². The highest BCUT2D eigenvalue weighted by Gasteiger charge is 2.26. The molecular formula is C48H87NO7P+. The van der Waals surface area contributed by atoms with Gasteiger partial charge in [0.05, 0.1) is 34.4 Å². The molecule has 0 aromatic carbocycles. The minimum atomic E-state index is -4.29. The van der Waals surface area contributed by atoms with Crippen LogP contribution in [0.5, 0.6) is 0 Å². The Morgan fingerprint density at radius 3 is 1.53 bits per heavy atom. The maximum Gasteiger partial charge on any atom is 0.472 e. The zero-order valence-corrected chi connectivity index (χ0v) is 38.2. The van der Waals surface area contributed by atoms with Crippen LogP contribution in [0, 0.1) is 0 Å². The maximum absolute atomic E-state index is 12.7. The minimum absolute atomic E-state index is 0.0797. The van der Waals surface area contributed by atoms with Crippen LogP contribution in [-0.2, 0) is 27.9 Å². The standard InChI is InChI=1S/C48H86NO7P/c1-6-8-10-12-14-16-18-20-22-23-24-25-26-28-30-32-34-36-38-40-43-53-45-47(46-55-57(51,52)54-44-42-49(3,4)5)56-48(50)41-39-37-35-33-31-29-27-21-19-17-15-13-11-9-7-2/h8,10,14-17,20-22,24-25,27,47H,6-7,9,11-13,18-19,23,26,28-46H2,1-5H3/p+1/b10-8-,16-14-,17-15-,22-20-,25-24-,27-21-. The number of hydrogen-bond donors (Lipinski definition) is 1. The fraction of sp³-hybridized carbons (Fsp3) is 0.729. The van der Waals surface area contributed by atoms with Crippen LogP contribution >= 0.6 is 7.82 Å². The second-order valence-corrected chi connectivity index (χ2v) is 17.5. The Morgan fingerprint density at radius 1 is 0.561 bits per heavy atom. The topological polar surface area (TPSA) is 91.3 Å². The number of carbonyl (C=O) groups is 1. The first kappa shape index (κ1) is 54.9. The van der Waals surface area contributed by atoms with Crippen LogP contribution in [0.25, 0.3) is 0 Å². The van der Waals surface area contributed by atoms with E-state index < -0.39 is 13.9 Å². The number of hydrogen-bond acceptors (Lipinski definition) is 6. The van der Waals surface area contributed by atoms with Crippen molar-refractivity contribution in [2.45, 2.75) is 174 Å². The summed E-state index contributed by atoms with van der Waals surface area (Å²) in [6, 6.07) is 0. The van der Waals surface area contributed by atoms with Gasteiger partial charge in [-0.3, -0.25) is 13.8 Å². The number of quaternary nitrogens is 1. The van der Waals surface area contributed by atoms with Crippen molar-refractivity contribution in [1.82, 2.24) is 0 Å². The molecule has 0 spiro atoms. The van der Waals surface area contributed by atoms with Gasteiger partial charge >= 0.3 is 13.8 Å². The van der Waals surface area contributed by atoms with E-state index in [2.05, 4.69) is 86.8 Å². The van der Waals surface area contributed by atoms with E-state index in [9.17, 15) is 14.3 Å². The third kappa shape index (κ3) is 44.9. The van der Waals surface area contributed by atoms with E-state index in [0.29, 0.717) is 24.1 Å². The van der Waals surface area contributed by atoms with Crippen molar-refractivity contribution in [1.29, 1.82) is 0 Å². The SMILES string of the molecule is CC/C=C\C/C=C\C/C=C\C/C=C\CCCCCCCCCOCC(COP(=O)(O)OCC[N+](C)(C)C)OC(=O)CCCCCCC/C=C\C/C=C\CCCCC. The van der Waals surface area contributed by atoms with Crippen molar-refractivity contribution >= 4 is 13.8 Å². The summed E-state index contributed by atoms with van der Waals surface area (Å²) >= 11 is 0. The quantitative estimate of drug-likeness (QED) is 0.0216. The normalized spacial score (nSPS) is 14.4. The number of ether oxygens (including phenoxy) is 2. The Kier molecular flexibility index (Phi) is 39.2. The Balaban J connectivity index is 4.27. The van der Waals surface area contributed by atoms with Gasteiger partial charge in [-0.15, -0.1) is 0 Å². The molecule has 0 aromatic heterocycles. The van der Waals surface area contributed by atoms with Crippen LogP contribution in [-0.4, -0.2) is 75.6 Å². The summed E-state index contributed by atoms with van der Waals surface area (Å²) < 4.78 is 35.0. The molecule has 0 aliphatic heterocycles. The molecule has 0 rings (SSSR count). The smallest absolute Gasteiger partial charge is 0.457 e. The lowest BCUT2D eigenvalue weighted by Gasteiger charge is -2.24. The molecule has 0 amide bonds. The molecule has 0 aliphatic rings. The van der Waals surface area contributed by atoms with E-state index >= 15 is 0 Å². The predicted molar refractivity (Wildman–Crippen MR) is 242 cm³/mol. The molecule has 0 aromatic rings. The van der Waals surface area contributed by atoms with E-state index in [4.69, 9.17) is 18.5 Å². The summed E-state index contributed by atoms with van der Waals surface area (Å²) in [5.74, 6) is -0.335. The second kappa shape index (κ2) is 40.7. The van der Waals surface area contributed by atoms with Gasteiger partial charge in [0.2, 0.25) is 0 Å². The summed E-state index contributed by atoms with van der Waals surface area (Å²) in [5, 5.41) is 0. The number of unbranched alkanes of at least 4 members (excludes halogenated alkanes) is 15. The fourth-order valence-corrected chi connectivity index (χ4v) is 6.49. The van der Waals surface area contributed by atoms with Crippen LogP contribution in [0.4, 0.5) is 0 Å². The highest BCUT2D eigenvalue weighted by Crippen LogP contribution is 2.43. The molecule has 0 fully saturated rings. The number of likely N-dealkylation sites (N-methyl/N-ethyl adjacent to an activating group) is 1. The lowest BCUT2D eigenvalue weighted by molar-refractivity contribution is -0.870. The zero-order valence-electron chi connectivity index (χ0n) is 37.3. The number of phosphoric ester groups is 1. The Morgan fingerprint density at radius 2 is 1.02 bits per heavy atom. The molecule has 8 nitrogen and oxygen atoms in total. The van der Waals surface area contributed by atoms with Crippen LogP contribution < -0.4 is 0 Å². The van der Waals surface area contributed by atoms with E-state index in [1.807, 2.05) is 21.1 Å². The van der Waals surface area contributed by atoms with Gasteiger partial charge in [0.1, 0.15) is 19.3 Å². The van der Waals surface area contributed by atoms with E-state index in [1.54, 1.807) is 0 Å². The third-order valence-electron chi connectivity index (χ3n) is 9.25. The number of allylic oxidation sites excluding steroid dienone is 12. The summed E-state index contributed by atoms with van der Waals surface area (Å²) in [4.78, 5) is 22.9. The van der Waals surface area contributed by atoms with Crippen LogP contribution in [0.2, 0.25) is 0 Å². The molecule has 0 saturated heterocycles. The van der Waals surface area contributed by atoms with Crippen LogP contribution in [0.3, 0.4) is 0 Å². The Bertz CT molecular complexity index is 1140. The first-order chi connectivity index (χ1) is 27.6. The molecule has 0 saturated carbocycles. The Labute approximate surface area is 351 Å². The second-order valence-electron chi connectivity index (χ2n) is 16.0. The van der Waals surface area contributed by atoms with Gasteiger partial charge in [0.15, 0.2) is 0 Å². The predicted octanol–water partition coefficient (Wildman–Crippen LogP) is 13.5. The third-order valence-corrected chi connectivity index (χ3v) is 10.2. The van der Waals surface area contributed by atoms with Crippen molar-refractivity contribution in [3.05, 3.63) is 72.9 Å². The Hall–Kier alpha value is -2.06. The average Bonchev–Trinajstić information content (AvgIpc) is 3.16. The minimum Gasteiger partial charge on any atom is -0.457 e. The van der Waals surface area contributed by atoms with Gasteiger partial charge in [-0.1, -0.05) is 151 Å². The van der Waals surface area contributed by atoms with Crippen LogP contribution in [0.1, 0.15) is 168 Å². The highest BCUT2D eigenvalue weighted by molar-refractivity contribution is 7.47. The lowest BCUT2D eigenvalue weighted by Crippen LogP contribution is -2.37. The number of rotatable bonds is 41. The number of carbonyl (C=O) groups excluding carboxylic acids is 1. The summed E-state index contributed by atoms with van der Waals surface area (Å²) in [5.41, 5.74) is 0. The van der Waals surface area contributed by atoms with Gasteiger partial charge in [-0.25, -0.2) is 4.57 Å². The molecule has 0 heterocycles. The average molecular weight is 821 g/mol. The van der Waals surface area contributed by atoms with Crippen molar-refractivity contribution < 1.29 is 37.3 Å². The van der Waals surface area contributed by atoms with E-state index in [-0.39, 0.29) is 25.8 Å². The number of phosphoric acid groups is 1. The molecule has 0 bridgehead atoms. The molecule has 330 valence electrons. The first-order valence-corrected chi connectivity index (χ1v) is 24.2. The van der Waals surface area contributed by atoms with Gasteiger partial charge < -0.3 is 18.9 Å². The highest BCUT2D eigenvalue weighted by atomic mass is 31.2. The van der Waals surface area contributed by atoms with Crippen molar-refractivity contribution in [3.63, 3.8) is 0 Å². The van der Waals surface area contributed by atoms with Gasteiger partial charge in [-0.05, 0) is 83.5 Å². The fourth-order valence-electron chi connectivity index (χ4n) is 5.75. The van der Waals surface area contributed by atoms with Gasteiger partial charge in [0.25, 0.3) is 0 Å². The summed E-state index contributed by atoms with van der Waals surface area (Å²) in [7, 11) is 1.64. The van der Waals surface area contributed by atoms with Crippen molar-refractivity contribution in [3.8, 4) is 0 Å². The van der Waals surface area contributed by atoms with Crippen LogP contribution in [0.15, 0.2) is 72.9 Å². The lowest BCUT2D eigenvalue weighted by atomic mass is 10.1. The largest absolute Gasteiger partial charge is 0.472 e. The number of nitrogens with zero attached hydrogens (tertiary/aromatic N) is 1. The molecule has 2 unspecified atom stereocenters. The monoisotopic (exact) mass is 821 g/mol. The van der Waals surface area contributed by atoms with E-state index in [1.165, 1.54) is 57.8 Å².